The van der Waals surface area contributed by atoms with E-state index in [0.717, 1.165) is 29.3 Å². The van der Waals surface area contributed by atoms with E-state index < -0.39 is 35.7 Å². The first-order valence-corrected chi connectivity index (χ1v) is 8.11. The number of hydrogen-bond donors (Lipinski definition) is 1. The van der Waals surface area contributed by atoms with Crippen LogP contribution in [0.5, 0.6) is 0 Å². The molecule has 0 aromatic heterocycles. The van der Waals surface area contributed by atoms with Crippen LogP contribution in [0.2, 0.25) is 0 Å². The van der Waals surface area contributed by atoms with Crippen molar-refractivity contribution in [1.82, 2.24) is 0 Å². The zero-order valence-corrected chi connectivity index (χ0v) is 14.1. The smallest absolute Gasteiger partial charge is 0.344 e. The molecule has 0 bridgehead atoms. The van der Waals surface area contributed by atoms with Crippen molar-refractivity contribution in [2.24, 2.45) is 0 Å². The van der Waals surface area contributed by atoms with E-state index in [1.807, 2.05) is 42.5 Å². The quantitative estimate of drug-likeness (QED) is 0.679. The van der Waals surface area contributed by atoms with Crippen molar-refractivity contribution in [1.29, 1.82) is 0 Å². The van der Waals surface area contributed by atoms with Crippen LogP contribution in [0.4, 0.5) is 14.5 Å². The number of rotatable bonds is 5. The highest BCUT2D eigenvalue weighted by Gasteiger charge is 2.19. The van der Waals surface area contributed by atoms with Crippen molar-refractivity contribution < 1.29 is 23.1 Å². The Bertz CT molecular complexity index is 954. The van der Waals surface area contributed by atoms with Crippen LogP contribution < -0.4 is 5.32 Å². The summed E-state index contributed by atoms with van der Waals surface area (Å²) in [5, 5.41) is 2.64. The first-order valence-electron chi connectivity index (χ1n) is 8.11. The lowest BCUT2D eigenvalue weighted by Crippen LogP contribution is -2.22. The van der Waals surface area contributed by atoms with Gasteiger partial charge in [-0.05, 0) is 23.8 Å². The van der Waals surface area contributed by atoms with Gasteiger partial charge in [0.25, 0.3) is 5.91 Å². The molecule has 0 heterocycles. The van der Waals surface area contributed by atoms with Crippen LogP contribution >= 0.6 is 0 Å². The number of nitrogens with one attached hydrogen (secondary N) is 1. The van der Waals surface area contributed by atoms with Crippen LogP contribution in [0.1, 0.15) is 10.4 Å². The molecule has 1 amide bonds. The van der Waals surface area contributed by atoms with Crippen LogP contribution in [-0.4, -0.2) is 18.5 Å². The third-order valence-corrected chi connectivity index (χ3v) is 3.79. The Hall–Kier alpha value is -3.54. The van der Waals surface area contributed by atoms with Crippen LogP contribution in [0, 0.1) is 11.6 Å². The lowest BCUT2D eigenvalue weighted by atomic mass is 10.0. The van der Waals surface area contributed by atoms with E-state index in [-0.39, 0.29) is 0 Å². The second-order valence-corrected chi connectivity index (χ2v) is 5.63. The standard InChI is InChI=1S/C21H15F2NO3/c22-16-10-6-11-17(23)20(16)21(26)27-13-19(25)24-18-12-5-4-9-15(18)14-7-2-1-3-8-14/h1-12H,13H2,(H,24,25). The highest BCUT2D eigenvalue weighted by molar-refractivity contribution is 5.98. The summed E-state index contributed by atoms with van der Waals surface area (Å²) in [6, 6.07) is 19.6. The van der Waals surface area contributed by atoms with Crippen LogP contribution in [0.25, 0.3) is 11.1 Å². The van der Waals surface area contributed by atoms with Gasteiger partial charge in [-0.2, -0.15) is 0 Å². The number of anilines is 1. The third-order valence-electron chi connectivity index (χ3n) is 3.79. The van der Waals surface area contributed by atoms with Crippen LogP contribution in [-0.2, 0) is 9.53 Å². The SMILES string of the molecule is O=C(COC(=O)c1c(F)cccc1F)Nc1ccccc1-c1ccccc1. The highest BCUT2D eigenvalue weighted by atomic mass is 19.1. The van der Waals surface area contributed by atoms with E-state index in [4.69, 9.17) is 4.74 Å². The normalized spacial score (nSPS) is 10.3. The van der Waals surface area contributed by atoms with Gasteiger partial charge in [0.1, 0.15) is 17.2 Å². The lowest BCUT2D eigenvalue weighted by Gasteiger charge is -2.12. The maximum Gasteiger partial charge on any atom is 0.344 e. The number of carbonyl (C=O) groups excluding carboxylic acids is 2. The first kappa shape index (κ1) is 18.3. The summed E-state index contributed by atoms with van der Waals surface area (Å²) >= 11 is 0. The number of carbonyl (C=O) groups is 2. The number of hydrogen-bond acceptors (Lipinski definition) is 3. The molecule has 0 aliphatic heterocycles. The number of ether oxygens (including phenoxy) is 1. The molecule has 4 nitrogen and oxygen atoms in total. The molecule has 0 aliphatic rings. The van der Waals surface area contributed by atoms with E-state index in [0.29, 0.717) is 5.69 Å². The fourth-order valence-corrected chi connectivity index (χ4v) is 2.54. The van der Waals surface area contributed by atoms with Crippen molar-refractivity contribution in [3.63, 3.8) is 0 Å². The molecular formula is C21H15F2NO3. The number of para-hydroxylation sites is 1. The van der Waals surface area contributed by atoms with Gasteiger partial charge in [0, 0.05) is 11.3 Å². The molecule has 1 N–H and O–H groups in total. The first-order chi connectivity index (χ1) is 13.1. The molecule has 3 aromatic rings. The van der Waals surface area contributed by atoms with Gasteiger partial charge in [-0.25, -0.2) is 13.6 Å². The fraction of sp³-hybridized carbons (Fsp3) is 0.0476. The topological polar surface area (TPSA) is 55.4 Å². The van der Waals surface area contributed by atoms with Gasteiger partial charge < -0.3 is 10.1 Å². The molecule has 6 heteroatoms. The summed E-state index contributed by atoms with van der Waals surface area (Å²) in [6.45, 7) is -0.671. The maximum absolute atomic E-state index is 13.6. The molecular weight excluding hydrogens is 352 g/mol. The number of benzene rings is 3. The predicted octanol–water partition coefficient (Wildman–Crippen LogP) is 4.43. The van der Waals surface area contributed by atoms with Crippen molar-refractivity contribution in [3.05, 3.63) is 90.0 Å². The number of amides is 1. The number of halogens is 2. The zero-order chi connectivity index (χ0) is 19.2. The minimum absolute atomic E-state index is 0.529. The largest absolute Gasteiger partial charge is 0.452 e. The van der Waals surface area contributed by atoms with E-state index in [2.05, 4.69) is 5.32 Å². The van der Waals surface area contributed by atoms with Gasteiger partial charge >= 0.3 is 5.97 Å². The minimum atomic E-state index is -1.24. The Morgan fingerprint density at radius 3 is 2.15 bits per heavy atom. The molecule has 3 rings (SSSR count). The molecule has 0 aliphatic carbocycles. The molecule has 0 fully saturated rings. The maximum atomic E-state index is 13.6. The predicted molar refractivity (Wildman–Crippen MR) is 97.1 cm³/mol. The Kier molecular flexibility index (Phi) is 5.56. The van der Waals surface area contributed by atoms with Crippen molar-refractivity contribution >= 4 is 17.6 Å². The Balaban J connectivity index is 1.68. The summed E-state index contributed by atoms with van der Waals surface area (Å²) in [6.07, 6.45) is 0. The molecule has 0 saturated carbocycles. The molecule has 3 aromatic carbocycles. The van der Waals surface area contributed by atoms with Crippen LogP contribution in [0.15, 0.2) is 72.8 Å². The molecule has 0 radical (unpaired) electrons. The van der Waals surface area contributed by atoms with Gasteiger partial charge in [-0.3, -0.25) is 4.79 Å². The number of esters is 1. The van der Waals surface area contributed by atoms with Gasteiger partial charge in [0.15, 0.2) is 6.61 Å². The van der Waals surface area contributed by atoms with Gasteiger partial charge in [0.05, 0.1) is 0 Å². The Morgan fingerprint density at radius 1 is 0.815 bits per heavy atom. The average molecular weight is 367 g/mol. The lowest BCUT2D eigenvalue weighted by molar-refractivity contribution is -0.119. The van der Waals surface area contributed by atoms with Crippen molar-refractivity contribution in [2.45, 2.75) is 0 Å². The molecule has 27 heavy (non-hydrogen) atoms. The van der Waals surface area contributed by atoms with E-state index in [9.17, 15) is 18.4 Å². The zero-order valence-electron chi connectivity index (χ0n) is 14.1. The average Bonchev–Trinajstić information content (AvgIpc) is 2.67. The van der Waals surface area contributed by atoms with E-state index >= 15 is 0 Å². The van der Waals surface area contributed by atoms with Crippen molar-refractivity contribution in [2.75, 3.05) is 11.9 Å². The Morgan fingerprint density at radius 2 is 1.44 bits per heavy atom. The van der Waals surface area contributed by atoms with Gasteiger partial charge in [0.2, 0.25) is 0 Å². The highest BCUT2D eigenvalue weighted by Crippen LogP contribution is 2.27. The molecule has 0 atom stereocenters. The summed E-state index contributed by atoms with van der Waals surface area (Å²) in [4.78, 5) is 24.0. The van der Waals surface area contributed by atoms with Crippen LogP contribution in [0.3, 0.4) is 0 Å². The van der Waals surface area contributed by atoms with Gasteiger partial charge in [-0.1, -0.05) is 54.6 Å². The van der Waals surface area contributed by atoms with Gasteiger partial charge in [-0.15, -0.1) is 0 Å². The summed E-state index contributed by atoms with van der Waals surface area (Å²) in [5.41, 5.74) is 1.40. The molecule has 136 valence electrons. The molecule has 0 spiro atoms. The monoisotopic (exact) mass is 367 g/mol. The second-order valence-electron chi connectivity index (χ2n) is 5.63. The molecule has 0 unspecified atom stereocenters. The summed E-state index contributed by atoms with van der Waals surface area (Å²) in [7, 11) is 0. The van der Waals surface area contributed by atoms with E-state index in [1.54, 1.807) is 12.1 Å². The fourth-order valence-electron chi connectivity index (χ4n) is 2.54. The molecule has 0 saturated heterocycles. The summed E-state index contributed by atoms with van der Waals surface area (Å²) in [5.74, 6) is -3.95. The van der Waals surface area contributed by atoms with Crippen molar-refractivity contribution in [3.8, 4) is 11.1 Å². The van der Waals surface area contributed by atoms with E-state index in [1.165, 1.54) is 0 Å². The summed E-state index contributed by atoms with van der Waals surface area (Å²) < 4.78 is 31.9. The Labute approximate surface area is 154 Å². The third kappa shape index (κ3) is 4.36. The second kappa shape index (κ2) is 8.23. The minimum Gasteiger partial charge on any atom is -0.452 e.